The van der Waals surface area contributed by atoms with Gasteiger partial charge in [0.2, 0.25) is 0 Å². The van der Waals surface area contributed by atoms with Crippen LogP contribution in [0.1, 0.15) is 22.7 Å². The smallest absolute Gasteiger partial charge is 0.156 e. The van der Waals surface area contributed by atoms with Crippen LogP contribution in [0.3, 0.4) is 0 Å². The second-order valence-corrected chi connectivity index (χ2v) is 7.79. The molecule has 0 bridgehead atoms. The number of nitrogens with zero attached hydrogens (tertiary/aromatic N) is 1. The van der Waals surface area contributed by atoms with Gasteiger partial charge < -0.3 is 0 Å². The fourth-order valence-corrected chi connectivity index (χ4v) is 3.96. The number of hydrogen-bond acceptors (Lipinski definition) is 4. The van der Waals surface area contributed by atoms with E-state index in [0.29, 0.717) is 12.1 Å². The maximum absolute atomic E-state index is 12.0. The molecule has 1 heterocycles. The molecule has 0 saturated heterocycles. The minimum absolute atomic E-state index is 0.0616. The molecule has 0 saturated carbocycles. The van der Waals surface area contributed by atoms with Gasteiger partial charge in [-0.05, 0) is 25.3 Å². The van der Waals surface area contributed by atoms with E-state index in [9.17, 15) is 8.42 Å². The second-order valence-electron chi connectivity index (χ2n) is 4.54. The Morgan fingerprint density at radius 2 is 1.95 bits per heavy atom. The molecule has 19 heavy (non-hydrogen) atoms. The third-order valence-electron chi connectivity index (χ3n) is 2.80. The lowest BCUT2D eigenvalue weighted by Crippen LogP contribution is -2.10. The molecule has 2 aromatic rings. The number of rotatable bonds is 6. The molecule has 3 nitrogen and oxygen atoms in total. The zero-order valence-electron chi connectivity index (χ0n) is 10.9. The minimum Gasteiger partial charge on any atom is -0.246 e. The lowest BCUT2D eigenvalue weighted by Gasteiger charge is -2.03. The summed E-state index contributed by atoms with van der Waals surface area (Å²) in [6, 6.07) is 9.96. The van der Waals surface area contributed by atoms with Gasteiger partial charge >= 0.3 is 0 Å². The zero-order chi connectivity index (χ0) is 13.7. The predicted octanol–water partition coefficient (Wildman–Crippen LogP) is 3.00. The Kier molecular flexibility index (Phi) is 4.71. The van der Waals surface area contributed by atoms with Crippen LogP contribution in [0.5, 0.6) is 0 Å². The third kappa shape index (κ3) is 4.76. The highest BCUT2D eigenvalue weighted by atomic mass is 32.2. The summed E-state index contributed by atoms with van der Waals surface area (Å²) in [5, 5.41) is 2.74. The van der Waals surface area contributed by atoms with Crippen molar-refractivity contribution in [1.29, 1.82) is 0 Å². The van der Waals surface area contributed by atoms with E-state index >= 15 is 0 Å². The maximum atomic E-state index is 12.0. The van der Waals surface area contributed by atoms with Crippen LogP contribution in [0, 0.1) is 6.92 Å². The van der Waals surface area contributed by atoms with Crippen molar-refractivity contribution in [2.45, 2.75) is 25.5 Å². The highest BCUT2D eigenvalue weighted by Crippen LogP contribution is 2.13. The first-order chi connectivity index (χ1) is 9.05. The van der Waals surface area contributed by atoms with Crippen LogP contribution in [0.2, 0.25) is 0 Å². The van der Waals surface area contributed by atoms with Gasteiger partial charge in [0.15, 0.2) is 9.84 Å². The summed E-state index contributed by atoms with van der Waals surface area (Å²) in [5.74, 6) is 0.282. The molecule has 102 valence electrons. The SMILES string of the molecule is Cc1nc(CS(=O)(=O)CCCc2ccccc2)cs1. The molecular weight excluding hydrogens is 278 g/mol. The first kappa shape index (κ1) is 14.2. The first-order valence-corrected chi connectivity index (χ1v) is 8.91. The van der Waals surface area contributed by atoms with Gasteiger partial charge in [0.1, 0.15) is 0 Å². The highest BCUT2D eigenvalue weighted by molar-refractivity contribution is 7.90. The van der Waals surface area contributed by atoms with Crippen molar-refractivity contribution in [2.75, 3.05) is 5.75 Å². The van der Waals surface area contributed by atoms with Gasteiger partial charge in [-0.3, -0.25) is 0 Å². The molecule has 5 heteroatoms. The summed E-state index contributed by atoms with van der Waals surface area (Å²) < 4.78 is 23.9. The summed E-state index contributed by atoms with van der Waals surface area (Å²) in [6.45, 7) is 1.89. The van der Waals surface area contributed by atoms with Crippen molar-refractivity contribution < 1.29 is 8.42 Å². The average molecular weight is 295 g/mol. The summed E-state index contributed by atoms with van der Waals surface area (Å²) in [6.07, 6.45) is 1.46. The van der Waals surface area contributed by atoms with E-state index in [1.54, 1.807) is 0 Å². The molecule has 0 aliphatic heterocycles. The summed E-state index contributed by atoms with van der Waals surface area (Å²) in [5.41, 5.74) is 1.85. The molecule has 0 N–H and O–H groups in total. The Bertz CT molecular complexity index is 618. The van der Waals surface area contributed by atoms with Gasteiger partial charge in [0, 0.05) is 5.38 Å². The van der Waals surface area contributed by atoms with E-state index in [1.807, 2.05) is 42.6 Å². The molecular formula is C14H17NO2S2. The second kappa shape index (κ2) is 6.30. The summed E-state index contributed by atoms with van der Waals surface area (Å²) in [4.78, 5) is 4.20. The molecule has 0 atom stereocenters. The van der Waals surface area contributed by atoms with Gasteiger partial charge in [0.25, 0.3) is 0 Å². The van der Waals surface area contributed by atoms with Gasteiger partial charge in [-0.1, -0.05) is 30.3 Å². The van der Waals surface area contributed by atoms with Crippen LogP contribution >= 0.6 is 11.3 Å². The highest BCUT2D eigenvalue weighted by Gasteiger charge is 2.13. The molecule has 0 aliphatic rings. The number of benzene rings is 1. The number of sulfone groups is 1. The summed E-state index contributed by atoms with van der Waals surface area (Å²) in [7, 11) is -3.05. The van der Waals surface area contributed by atoms with Gasteiger partial charge in [-0.25, -0.2) is 13.4 Å². The molecule has 0 spiro atoms. The van der Waals surface area contributed by atoms with Crippen LogP contribution in [0.25, 0.3) is 0 Å². The van der Waals surface area contributed by atoms with Gasteiger partial charge in [-0.15, -0.1) is 11.3 Å². The minimum atomic E-state index is -3.05. The maximum Gasteiger partial charge on any atom is 0.156 e. The van der Waals surface area contributed by atoms with Crippen molar-refractivity contribution in [1.82, 2.24) is 4.98 Å². The van der Waals surface area contributed by atoms with Gasteiger partial charge in [-0.2, -0.15) is 0 Å². The van der Waals surface area contributed by atoms with Crippen molar-refractivity contribution in [3.05, 3.63) is 52.0 Å². The zero-order valence-corrected chi connectivity index (χ0v) is 12.5. The Hall–Kier alpha value is -1.20. The number of thiazole rings is 1. The van der Waals surface area contributed by atoms with Crippen molar-refractivity contribution >= 4 is 21.2 Å². The predicted molar refractivity (Wildman–Crippen MR) is 79.1 cm³/mol. The standard InChI is InChI=1S/C14H17NO2S2/c1-12-15-14(10-18-12)11-19(16,17)9-5-8-13-6-3-2-4-7-13/h2-4,6-7,10H,5,8-9,11H2,1H3. The largest absolute Gasteiger partial charge is 0.246 e. The number of hydrogen-bond donors (Lipinski definition) is 0. The lowest BCUT2D eigenvalue weighted by atomic mass is 10.1. The van der Waals surface area contributed by atoms with E-state index < -0.39 is 9.84 Å². The van der Waals surface area contributed by atoms with Crippen LogP contribution in [0.15, 0.2) is 35.7 Å². The topological polar surface area (TPSA) is 47.0 Å². The van der Waals surface area contributed by atoms with E-state index in [0.717, 1.165) is 11.4 Å². The van der Waals surface area contributed by atoms with Crippen LogP contribution in [-0.4, -0.2) is 19.2 Å². The molecule has 0 aliphatic carbocycles. The van der Waals surface area contributed by atoms with E-state index in [2.05, 4.69) is 4.98 Å². The van der Waals surface area contributed by atoms with Crippen LogP contribution in [0.4, 0.5) is 0 Å². The van der Waals surface area contributed by atoms with Crippen LogP contribution in [-0.2, 0) is 22.0 Å². The summed E-state index contributed by atoms with van der Waals surface area (Å²) >= 11 is 1.49. The quantitative estimate of drug-likeness (QED) is 0.823. The average Bonchev–Trinajstić information content (AvgIpc) is 2.75. The number of aromatic nitrogens is 1. The Morgan fingerprint density at radius 3 is 2.58 bits per heavy atom. The van der Waals surface area contributed by atoms with Crippen molar-refractivity contribution in [3.63, 3.8) is 0 Å². The number of aryl methyl sites for hydroxylation is 2. The van der Waals surface area contributed by atoms with Gasteiger partial charge in [0.05, 0.1) is 22.2 Å². The Balaban J connectivity index is 1.84. The fraction of sp³-hybridized carbons (Fsp3) is 0.357. The van der Waals surface area contributed by atoms with Crippen LogP contribution < -0.4 is 0 Å². The lowest BCUT2D eigenvalue weighted by molar-refractivity contribution is 0.592. The monoisotopic (exact) mass is 295 g/mol. The molecule has 1 aromatic carbocycles. The van der Waals surface area contributed by atoms with E-state index in [4.69, 9.17) is 0 Å². The Morgan fingerprint density at radius 1 is 1.21 bits per heavy atom. The molecule has 0 fully saturated rings. The first-order valence-electron chi connectivity index (χ1n) is 6.20. The molecule has 0 amide bonds. The normalized spacial score (nSPS) is 11.6. The Labute approximate surface area is 118 Å². The third-order valence-corrected chi connectivity index (χ3v) is 5.27. The van der Waals surface area contributed by atoms with Crippen molar-refractivity contribution in [3.8, 4) is 0 Å². The van der Waals surface area contributed by atoms with E-state index in [-0.39, 0.29) is 11.5 Å². The molecule has 1 aromatic heterocycles. The van der Waals surface area contributed by atoms with E-state index in [1.165, 1.54) is 16.9 Å². The molecule has 2 rings (SSSR count). The molecule has 0 radical (unpaired) electrons. The fourth-order valence-electron chi connectivity index (χ4n) is 1.91. The van der Waals surface area contributed by atoms with Crippen molar-refractivity contribution in [2.24, 2.45) is 0 Å². The molecule has 0 unspecified atom stereocenters.